The van der Waals surface area contributed by atoms with Gasteiger partial charge in [0.2, 0.25) is 5.91 Å². The van der Waals surface area contributed by atoms with Gasteiger partial charge in [-0.05, 0) is 51.9 Å². The van der Waals surface area contributed by atoms with Gasteiger partial charge < -0.3 is 20.3 Å². The molecule has 40 heavy (non-hydrogen) atoms. The van der Waals surface area contributed by atoms with Crippen LogP contribution in [0, 0.1) is 19.8 Å². The predicted molar refractivity (Wildman–Crippen MR) is 161 cm³/mol. The number of carbonyl (C=O) groups excluding carboxylic acids is 2. The van der Waals surface area contributed by atoms with E-state index in [9.17, 15) is 9.59 Å². The molecule has 214 valence electrons. The normalized spacial score (nSPS) is 13.2. The minimum absolute atomic E-state index is 0. The molecule has 12 heteroatoms. The van der Waals surface area contributed by atoms with Crippen molar-refractivity contribution in [2.24, 2.45) is 0 Å². The van der Waals surface area contributed by atoms with Crippen molar-refractivity contribution in [2.45, 2.75) is 39.2 Å². The van der Waals surface area contributed by atoms with E-state index in [0.717, 1.165) is 41.3 Å². The van der Waals surface area contributed by atoms with Crippen LogP contribution < -0.4 is 10.6 Å². The fourth-order valence-electron chi connectivity index (χ4n) is 4.48. The molecule has 1 saturated heterocycles. The van der Waals surface area contributed by atoms with Gasteiger partial charge in [0.25, 0.3) is 5.91 Å². The van der Waals surface area contributed by atoms with Crippen LogP contribution in [0.2, 0.25) is 0 Å². The summed E-state index contributed by atoms with van der Waals surface area (Å²) >= 11 is 1.47. The number of pyridine rings is 1. The zero-order chi connectivity index (χ0) is 28.5. The van der Waals surface area contributed by atoms with E-state index in [4.69, 9.17) is 4.74 Å². The Balaban J connectivity index is 0.00000151. The molecule has 5 heterocycles. The van der Waals surface area contributed by atoms with Gasteiger partial charge in [-0.2, -0.15) is 10.2 Å². The highest BCUT2D eigenvalue weighted by atomic mass is 32.1. The maximum Gasteiger partial charge on any atom is 0.260 e. The molecule has 0 aromatic carbocycles. The Kier molecular flexibility index (Phi) is 10.0. The van der Waals surface area contributed by atoms with Crippen molar-refractivity contribution >= 4 is 39.4 Å². The number of amides is 2. The first-order valence-electron chi connectivity index (χ1n) is 13.1. The van der Waals surface area contributed by atoms with Crippen molar-refractivity contribution < 1.29 is 17.2 Å². The highest BCUT2D eigenvalue weighted by Crippen LogP contribution is 2.31. The third-order valence-electron chi connectivity index (χ3n) is 6.58. The van der Waals surface area contributed by atoms with Crippen LogP contribution in [-0.2, 0) is 16.1 Å². The van der Waals surface area contributed by atoms with Crippen LogP contribution in [0.4, 0.5) is 11.4 Å². The van der Waals surface area contributed by atoms with Crippen LogP contribution >= 0.6 is 11.3 Å². The van der Waals surface area contributed by atoms with Crippen molar-refractivity contribution in [1.82, 2.24) is 29.3 Å². The van der Waals surface area contributed by atoms with E-state index in [1.54, 1.807) is 36.3 Å². The second-order valence-electron chi connectivity index (χ2n) is 9.40. The van der Waals surface area contributed by atoms with Crippen LogP contribution in [0.5, 0.6) is 0 Å². The number of hydrogen-bond donors (Lipinski definition) is 2. The summed E-state index contributed by atoms with van der Waals surface area (Å²) < 4.78 is 8.63. The second-order valence-corrected chi connectivity index (χ2v) is 10.4. The standard InChI is InChI=1S/C26H32N8O3S.C2H2.2H2/c1-18-22(12-20(14-27-18)30-24(35)6-5-9-32-7-3-4-8-32)31-25(36)21-15-29-34-17-23(38-26(21)34)19-13-28-33(16-19)10-11-37-2;1-2;;/h12-17H,3-11H2,1-2H3,(H,30,35)(H,31,36);1-2H;2*1H. The molecular formula is C28H38N8O3S. The number of methoxy groups -OCH3 is 1. The molecule has 1 fully saturated rings. The van der Waals surface area contributed by atoms with Crippen LogP contribution in [0.3, 0.4) is 0 Å². The summed E-state index contributed by atoms with van der Waals surface area (Å²) in [6.07, 6.45) is 20.6. The molecule has 0 aliphatic carbocycles. The zero-order valence-corrected chi connectivity index (χ0v) is 23.6. The van der Waals surface area contributed by atoms with E-state index in [1.165, 1.54) is 24.2 Å². The zero-order valence-electron chi connectivity index (χ0n) is 22.8. The first-order chi connectivity index (χ1) is 19.5. The predicted octanol–water partition coefficient (Wildman–Crippen LogP) is 4.42. The maximum atomic E-state index is 13.2. The number of aryl methyl sites for hydroxylation is 1. The number of terminal acetylenes is 1. The topological polar surface area (TPSA) is 119 Å². The summed E-state index contributed by atoms with van der Waals surface area (Å²) in [5.41, 5.74) is 3.17. The molecule has 0 saturated carbocycles. The lowest BCUT2D eigenvalue weighted by atomic mass is 10.2. The first kappa shape index (κ1) is 28.9. The average molecular weight is 567 g/mol. The number of nitrogens with zero attached hydrogens (tertiary/aromatic N) is 6. The molecule has 1 aliphatic rings. The van der Waals surface area contributed by atoms with Gasteiger partial charge >= 0.3 is 0 Å². The van der Waals surface area contributed by atoms with Crippen LogP contribution in [0.15, 0.2) is 37.1 Å². The monoisotopic (exact) mass is 566 g/mol. The minimum Gasteiger partial charge on any atom is -0.383 e. The third-order valence-corrected chi connectivity index (χ3v) is 7.74. The molecule has 2 amide bonds. The molecule has 5 rings (SSSR count). The van der Waals surface area contributed by atoms with Crippen LogP contribution in [0.1, 0.15) is 44.6 Å². The maximum absolute atomic E-state index is 13.2. The molecule has 0 unspecified atom stereocenters. The Bertz CT molecular complexity index is 1480. The van der Waals surface area contributed by atoms with Gasteiger partial charge in [-0.3, -0.25) is 19.3 Å². The van der Waals surface area contributed by atoms with E-state index in [0.29, 0.717) is 42.2 Å². The van der Waals surface area contributed by atoms with Gasteiger partial charge in [0.1, 0.15) is 4.83 Å². The Morgan fingerprint density at radius 1 is 1.10 bits per heavy atom. The minimum atomic E-state index is -0.289. The van der Waals surface area contributed by atoms with Gasteiger partial charge in [-0.25, -0.2) is 4.52 Å². The molecule has 11 nitrogen and oxygen atoms in total. The summed E-state index contributed by atoms with van der Waals surface area (Å²) in [4.78, 5) is 34.1. The number of likely N-dealkylation sites (tertiary alicyclic amines) is 1. The quantitative estimate of drug-likeness (QED) is 0.258. The summed E-state index contributed by atoms with van der Waals surface area (Å²) in [7, 11) is 1.66. The van der Waals surface area contributed by atoms with E-state index < -0.39 is 0 Å². The smallest absolute Gasteiger partial charge is 0.260 e. The summed E-state index contributed by atoms with van der Waals surface area (Å²) in [5, 5.41) is 14.6. The van der Waals surface area contributed by atoms with E-state index in [-0.39, 0.29) is 14.7 Å². The number of anilines is 2. The van der Waals surface area contributed by atoms with Gasteiger partial charge in [0.05, 0.1) is 59.3 Å². The number of nitrogens with one attached hydrogen (secondary N) is 2. The van der Waals surface area contributed by atoms with E-state index >= 15 is 0 Å². The molecular weight excluding hydrogens is 528 g/mol. The molecule has 0 atom stereocenters. The number of carbonyl (C=O) groups is 2. The van der Waals surface area contributed by atoms with Crippen molar-refractivity contribution in [1.29, 1.82) is 0 Å². The first-order valence-corrected chi connectivity index (χ1v) is 13.9. The Morgan fingerprint density at radius 2 is 1.90 bits per heavy atom. The summed E-state index contributed by atoms with van der Waals surface area (Å²) in [5.74, 6) is -0.342. The lowest BCUT2D eigenvalue weighted by Gasteiger charge is -2.14. The van der Waals surface area contributed by atoms with Crippen molar-refractivity contribution in [2.75, 3.05) is 44.0 Å². The fraction of sp³-hybridized carbons (Fsp3) is 0.393. The number of fused-ring (bicyclic) bond motifs is 1. The summed E-state index contributed by atoms with van der Waals surface area (Å²) in [6.45, 7) is 6.26. The van der Waals surface area contributed by atoms with E-state index in [2.05, 4.69) is 43.6 Å². The lowest BCUT2D eigenvalue weighted by molar-refractivity contribution is -0.116. The second kappa shape index (κ2) is 13.8. The molecule has 0 bridgehead atoms. The highest BCUT2D eigenvalue weighted by molar-refractivity contribution is 7.21. The average Bonchev–Trinajstić information content (AvgIpc) is 3.75. The van der Waals surface area contributed by atoms with Crippen LogP contribution in [-0.4, -0.2) is 74.4 Å². The summed E-state index contributed by atoms with van der Waals surface area (Å²) in [6, 6.07) is 1.74. The number of hydrogen-bond acceptors (Lipinski definition) is 8. The Labute approximate surface area is 240 Å². The largest absolute Gasteiger partial charge is 0.383 e. The molecule has 1 aliphatic heterocycles. The van der Waals surface area contributed by atoms with E-state index in [1.807, 2.05) is 24.0 Å². The van der Waals surface area contributed by atoms with Gasteiger partial charge in [0, 0.05) is 34.3 Å². The highest BCUT2D eigenvalue weighted by Gasteiger charge is 2.18. The molecule has 0 spiro atoms. The third kappa shape index (κ3) is 7.12. The number of ether oxygens (including phenoxy) is 1. The SMILES string of the molecule is C#C.COCCn1cc(-c2cn3ncc(C(=O)Nc4cc(NC(=O)CCCN5CCCC5)cnc4C)c3s2)cn1.[HH].[HH]. The lowest BCUT2D eigenvalue weighted by Crippen LogP contribution is -2.22. The molecule has 2 N–H and O–H groups in total. The van der Waals surface area contributed by atoms with Gasteiger partial charge in [-0.1, -0.05) is 0 Å². The van der Waals surface area contributed by atoms with Crippen LogP contribution in [0.25, 0.3) is 15.3 Å². The molecule has 4 aromatic rings. The molecule has 0 radical (unpaired) electrons. The van der Waals surface area contributed by atoms with Crippen molar-refractivity contribution in [3.8, 4) is 23.3 Å². The van der Waals surface area contributed by atoms with Crippen molar-refractivity contribution in [3.05, 3.63) is 48.3 Å². The fourth-order valence-corrected chi connectivity index (χ4v) is 5.52. The Morgan fingerprint density at radius 3 is 2.67 bits per heavy atom. The van der Waals surface area contributed by atoms with Gasteiger partial charge in [-0.15, -0.1) is 24.2 Å². The number of rotatable bonds is 11. The number of aromatic nitrogens is 5. The Hall–Kier alpha value is -4.05. The number of thiazole rings is 1. The molecule has 4 aromatic heterocycles. The van der Waals surface area contributed by atoms with Crippen molar-refractivity contribution in [3.63, 3.8) is 0 Å². The van der Waals surface area contributed by atoms with Gasteiger partial charge in [0.15, 0.2) is 0 Å².